The SMILES string of the molecule is CC(C)(C)C1NC(=O)c2ccccc2C1C(=O)O. The summed E-state index contributed by atoms with van der Waals surface area (Å²) in [5.74, 6) is -1.79. The minimum Gasteiger partial charge on any atom is -0.481 e. The predicted molar refractivity (Wildman–Crippen MR) is 67.5 cm³/mol. The van der Waals surface area contributed by atoms with Crippen LogP contribution in [0, 0.1) is 5.41 Å². The van der Waals surface area contributed by atoms with E-state index in [9.17, 15) is 14.7 Å². The standard InChI is InChI=1S/C14H17NO3/c1-14(2,3)11-10(13(17)18)8-6-4-5-7-9(8)12(16)15-11/h4-7,10-11H,1-3H3,(H,15,16)(H,17,18). The van der Waals surface area contributed by atoms with Gasteiger partial charge in [0.2, 0.25) is 0 Å². The molecular weight excluding hydrogens is 230 g/mol. The maximum absolute atomic E-state index is 12.0. The Morgan fingerprint density at radius 3 is 2.44 bits per heavy atom. The molecule has 0 saturated carbocycles. The normalized spacial score (nSPS) is 23.2. The van der Waals surface area contributed by atoms with Crippen molar-refractivity contribution in [2.24, 2.45) is 5.41 Å². The largest absolute Gasteiger partial charge is 0.481 e. The highest BCUT2D eigenvalue weighted by Gasteiger charge is 2.43. The van der Waals surface area contributed by atoms with E-state index in [2.05, 4.69) is 5.32 Å². The first-order valence-electron chi connectivity index (χ1n) is 5.95. The van der Waals surface area contributed by atoms with E-state index < -0.39 is 17.9 Å². The summed E-state index contributed by atoms with van der Waals surface area (Å²) in [7, 11) is 0. The van der Waals surface area contributed by atoms with Crippen LogP contribution in [0.3, 0.4) is 0 Å². The molecule has 2 unspecified atom stereocenters. The lowest BCUT2D eigenvalue weighted by Gasteiger charge is -2.39. The molecule has 1 amide bonds. The van der Waals surface area contributed by atoms with Gasteiger partial charge in [0.25, 0.3) is 5.91 Å². The van der Waals surface area contributed by atoms with Crippen molar-refractivity contribution in [3.05, 3.63) is 35.4 Å². The lowest BCUT2D eigenvalue weighted by molar-refractivity contribution is -0.140. The maximum Gasteiger partial charge on any atom is 0.313 e. The van der Waals surface area contributed by atoms with Gasteiger partial charge in [0, 0.05) is 5.56 Å². The summed E-state index contributed by atoms with van der Waals surface area (Å²) in [5, 5.41) is 12.3. The molecule has 0 saturated heterocycles. The van der Waals surface area contributed by atoms with Gasteiger partial charge in [-0.25, -0.2) is 0 Å². The van der Waals surface area contributed by atoms with Gasteiger partial charge in [0.05, 0.1) is 6.04 Å². The Balaban J connectivity index is 2.58. The van der Waals surface area contributed by atoms with Gasteiger partial charge in [-0.15, -0.1) is 0 Å². The van der Waals surface area contributed by atoms with Crippen molar-refractivity contribution in [3.8, 4) is 0 Å². The molecule has 2 rings (SSSR count). The van der Waals surface area contributed by atoms with Gasteiger partial charge in [-0.3, -0.25) is 9.59 Å². The predicted octanol–water partition coefficient (Wildman–Crippen LogP) is 2.01. The molecule has 0 spiro atoms. The number of benzene rings is 1. The fourth-order valence-corrected chi connectivity index (χ4v) is 2.45. The number of hydrogen-bond donors (Lipinski definition) is 2. The third kappa shape index (κ3) is 1.98. The summed E-state index contributed by atoms with van der Waals surface area (Å²) < 4.78 is 0. The van der Waals surface area contributed by atoms with E-state index in [-0.39, 0.29) is 11.3 Å². The van der Waals surface area contributed by atoms with Gasteiger partial charge in [0.15, 0.2) is 0 Å². The molecule has 96 valence electrons. The smallest absolute Gasteiger partial charge is 0.313 e. The van der Waals surface area contributed by atoms with E-state index in [0.717, 1.165) is 0 Å². The van der Waals surface area contributed by atoms with E-state index in [0.29, 0.717) is 11.1 Å². The van der Waals surface area contributed by atoms with Crippen LogP contribution in [0.1, 0.15) is 42.6 Å². The molecule has 2 atom stereocenters. The molecule has 0 aliphatic carbocycles. The molecular formula is C14H17NO3. The van der Waals surface area contributed by atoms with Crippen molar-refractivity contribution in [2.45, 2.75) is 32.7 Å². The van der Waals surface area contributed by atoms with Gasteiger partial charge >= 0.3 is 5.97 Å². The highest BCUT2D eigenvalue weighted by atomic mass is 16.4. The van der Waals surface area contributed by atoms with Gasteiger partial charge in [0.1, 0.15) is 5.92 Å². The molecule has 2 N–H and O–H groups in total. The molecule has 4 heteroatoms. The van der Waals surface area contributed by atoms with E-state index in [1.54, 1.807) is 24.3 Å². The third-order valence-electron chi connectivity index (χ3n) is 3.36. The average molecular weight is 247 g/mol. The van der Waals surface area contributed by atoms with E-state index >= 15 is 0 Å². The van der Waals surface area contributed by atoms with Gasteiger partial charge in [-0.05, 0) is 17.0 Å². The van der Waals surface area contributed by atoms with E-state index in [4.69, 9.17) is 0 Å². The van der Waals surface area contributed by atoms with Crippen molar-refractivity contribution < 1.29 is 14.7 Å². The third-order valence-corrected chi connectivity index (χ3v) is 3.36. The van der Waals surface area contributed by atoms with E-state index in [1.165, 1.54) is 0 Å². The number of carbonyl (C=O) groups excluding carboxylic acids is 1. The summed E-state index contributed by atoms with van der Waals surface area (Å²) in [6, 6.07) is 6.50. The van der Waals surface area contributed by atoms with Crippen LogP contribution < -0.4 is 5.32 Å². The number of fused-ring (bicyclic) bond motifs is 1. The zero-order chi connectivity index (χ0) is 13.5. The van der Waals surface area contributed by atoms with Crippen LogP contribution >= 0.6 is 0 Å². The van der Waals surface area contributed by atoms with Crippen LogP contribution in [0.15, 0.2) is 24.3 Å². The molecule has 0 bridgehead atoms. The van der Waals surface area contributed by atoms with Crippen LogP contribution in [0.5, 0.6) is 0 Å². The van der Waals surface area contributed by atoms with Crippen LogP contribution in [-0.2, 0) is 4.79 Å². The number of amides is 1. The van der Waals surface area contributed by atoms with Gasteiger partial charge in [-0.1, -0.05) is 39.0 Å². The minimum absolute atomic E-state index is 0.192. The second-order valence-electron chi connectivity index (χ2n) is 5.72. The number of carboxylic acid groups (broad SMARTS) is 1. The van der Waals surface area contributed by atoms with Gasteiger partial charge < -0.3 is 10.4 Å². The lowest BCUT2D eigenvalue weighted by atomic mass is 9.73. The van der Waals surface area contributed by atoms with Gasteiger partial charge in [-0.2, -0.15) is 0 Å². The molecule has 4 nitrogen and oxygen atoms in total. The highest BCUT2D eigenvalue weighted by Crippen LogP contribution is 2.36. The molecule has 1 aromatic rings. The maximum atomic E-state index is 12.0. The van der Waals surface area contributed by atoms with Crippen LogP contribution in [0.25, 0.3) is 0 Å². The van der Waals surface area contributed by atoms with Crippen molar-refractivity contribution in [1.29, 1.82) is 0 Å². The first-order valence-corrected chi connectivity index (χ1v) is 5.95. The molecule has 1 aliphatic heterocycles. The molecule has 1 aromatic carbocycles. The number of aliphatic carboxylic acids is 1. The Hall–Kier alpha value is -1.84. The van der Waals surface area contributed by atoms with Crippen molar-refractivity contribution in [3.63, 3.8) is 0 Å². The van der Waals surface area contributed by atoms with Crippen molar-refractivity contribution >= 4 is 11.9 Å². The number of hydrogen-bond acceptors (Lipinski definition) is 2. The Kier molecular flexibility index (Phi) is 2.89. The quantitative estimate of drug-likeness (QED) is 0.797. The molecule has 0 fully saturated rings. The number of carboxylic acids is 1. The second kappa shape index (κ2) is 4.12. The van der Waals surface area contributed by atoms with Crippen LogP contribution in [0.4, 0.5) is 0 Å². The average Bonchev–Trinajstić information content (AvgIpc) is 2.27. The van der Waals surface area contributed by atoms with E-state index in [1.807, 2.05) is 20.8 Å². The Morgan fingerprint density at radius 1 is 1.28 bits per heavy atom. The first kappa shape index (κ1) is 12.6. The lowest BCUT2D eigenvalue weighted by Crippen LogP contribution is -2.53. The first-order chi connectivity index (χ1) is 8.32. The molecule has 1 heterocycles. The summed E-state index contributed by atoms with van der Waals surface area (Å²) in [5.41, 5.74) is 0.755. The fourth-order valence-electron chi connectivity index (χ4n) is 2.45. The summed E-state index contributed by atoms with van der Waals surface area (Å²) >= 11 is 0. The summed E-state index contributed by atoms with van der Waals surface area (Å²) in [6.45, 7) is 5.80. The monoisotopic (exact) mass is 247 g/mol. The number of rotatable bonds is 1. The molecule has 0 radical (unpaired) electrons. The Bertz CT molecular complexity index is 502. The highest BCUT2D eigenvalue weighted by molar-refractivity contribution is 6.00. The Morgan fingerprint density at radius 2 is 1.89 bits per heavy atom. The number of nitrogens with one attached hydrogen (secondary N) is 1. The zero-order valence-corrected chi connectivity index (χ0v) is 10.7. The molecule has 0 aromatic heterocycles. The second-order valence-corrected chi connectivity index (χ2v) is 5.72. The Labute approximate surface area is 106 Å². The topological polar surface area (TPSA) is 66.4 Å². The molecule has 1 aliphatic rings. The minimum atomic E-state index is -0.901. The van der Waals surface area contributed by atoms with Crippen molar-refractivity contribution in [2.75, 3.05) is 0 Å². The number of carbonyl (C=O) groups is 2. The summed E-state index contributed by atoms with van der Waals surface area (Å²) in [4.78, 5) is 23.5. The van der Waals surface area contributed by atoms with Crippen LogP contribution in [0.2, 0.25) is 0 Å². The zero-order valence-electron chi connectivity index (χ0n) is 10.7. The molecule has 18 heavy (non-hydrogen) atoms. The van der Waals surface area contributed by atoms with Crippen LogP contribution in [-0.4, -0.2) is 23.0 Å². The van der Waals surface area contributed by atoms with Crippen molar-refractivity contribution in [1.82, 2.24) is 5.32 Å². The summed E-state index contributed by atoms with van der Waals surface area (Å²) in [6.07, 6.45) is 0. The fraction of sp³-hybridized carbons (Fsp3) is 0.429.